The molecular weight excluding hydrogens is 238 g/mol. The molecule has 3 rings (SSSR count). The van der Waals surface area contributed by atoms with E-state index in [1.807, 2.05) is 17.4 Å². The van der Waals surface area contributed by atoms with E-state index in [0.717, 1.165) is 17.6 Å². The van der Waals surface area contributed by atoms with E-state index in [1.165, 1.54) is 34.2 Å². The van der Waals surface area contributed by atoms with E-state index in [0.29, 0.717) is 0 Å². The van der Waals surface area contributed by atoms with Gasteiger partial charge in [0.25, 0.3) is 0 Å². The van der Waals surface area contributed by atoms with Gasteiger partial charge in [0.15, 0.2) is 0 Å². The van der Waals surface area contributed by atoms with Crippen LogP contribution in [0.1, 0.15) is 24.1 Å². The van der Waals surface area contributed by atoms with Gasteiger partial charge in [-0.05, 0) is 36.4 Å². The third-order valence-electron chi connectivity index (χ3n) is 3.20. The predicted octanol–water partition coefficient (Wildman–Crippen LogP) is 4.20. The fourth-order valence-electron chi connectivity index (χ4n) is 2.00. The minimum absolute atomic E-state index is 0.758. The summed E-state index contributed by atoms with van der Waals surface area (Å²) in [5, 5.41) is 5.72. The average molecular weight is 252 g/mol. The molecule has 0 bridgehead atoms. The van der Waals surface area contributed by atoms with Crippen molar-refractivity contribution in [2.45, 2.75) is 31.8 Å². The number of halogens is 1. The summed E-state index contributed by atoms with van der Waals surface area (Å²) < 4.78 is 1.29. The molecule has 1 heterocycles. The number of benzene rings is 1. The summed E-state index contributed by atoms with van der Waals surface area (Å²) in [7, 11) is 0. The normalized spacial score (nSPS) is 16.6. The SMILES string of the molecule is Clc1ccc2cc(CNC3CCC3)sc2c1. The number of hydrogen-bond acceptors (Lipinski definition) is 2. The molecule has 0 amide bonds. The summed E-state index contributed by atoms with van der Waals surface area (Å²) in [5.41, 5.74) is 0. The lowest BCUT2D eigenvalue weighted by Gasteiger charge is -2.26. The summed E-state index contributed by atoms with van der Waals surface area (Å²) in [6.07, 6.45) is 4.08. The molecule has 0 aliphatic heterocycles. The van der Waals surface area contributed by atoms with Crippen LogP contribution < -0.4 is 5.32 Å². The van der Waals surface area contributed by atoms with Gasteiger partial charge in [-0.25, -0.2) is 0 Å². The maximum absolute atomic E-state index is 5.98. The van der Waals surface area contributed by atoms with Crippen LogP contribution in [0.2, 0.25) is 5.02 Å². The molecular formula is C13H14ClNS. The van der Waals surface area contributed by atoms with Crippen molar-refractivity contribution in [3.63, 3.8) is 0 Å². The predicted molar refractivity (Wildman–Crippen MR) is 71.3 cm³/mol. The van der Waals surface area contributed by atoms with E-state index in [2.05, 4.69) is 23.5 Å². The van der Waals surface area contributed by atoms with Gasteiger partial charge in [-0.15, -0.1) is 11.3 Å². The van der Waals surface area contributed by atoms with Crippen molar-refractivity contribution >= 4 is 33.0 Å². The summed E-state index contributed by atoms with van der Waals surface area (Å²) in [5.74, 6) is 0. The Morgan fingerprint density at radius 2 is 2.19 bits per heavy atom. The molecule has 0 atom stereocenters. The molecule has 16 heavy (non-hydrogen) atoms. The molecule has 1 fully saturated rings. The third-order valence-corrected chi connectivity index (χ3v) is 4.54. The van der Waals surface area contributed by atoms with Crippen LogP contribution in [0.4, 0.5) is 0 Å². The van der Waals surface area contributed by atoms with Crippen molar-refractivity contribution in [3.05, 3.63) is 34.2 Å². The van der Waals surface area contributed by atoms with E-state index < -0.39 is 0 Å². The van der Waals surface area contributed by atoms with Gasteiger partial charge in [-0.2, -0.15) is 0 Å². The van der Waals surface area contributed by atoms with Crippen molar-refractivity contribution in [1.29, 1.82) is 0 Å². The minimum Gasteiger partial charge on any atom is -0.309 e. The van der Waals surface area contributed by atoms with Crippen molar-refractivity contribution in [3.8, 4) is 0 Å². The van der Waals surface area contributed by atoms with Gasteiger partial charge in [-0.3, -0.25) is 0 Å². The number of rotatable bonds is 3. The van der Waals surface area contributed by atoms with Crippen LogP contribution >= 0.6 is 22.9 Å². The molecule has 2 aromatic rings. The smallest absolute Gasteiger partial charge is 0.0420 e. The van der Waals surface area contributed by atoms with Crippen molar-refractivity contribution in [2.75, 3.05) is 0 Å². The van der Waals surface area contributed by atoms with Crippen molar-refractivity contribution in [2.24, 2.45) is 0 Å². The fourth-order valence-corrected chi connectivity index (χ4v) is 3.30. The quantitative estimate of drug-likeness (QED) is 0.862. The summed E-state index contributed by atoms with van der Waals surface area (Å²) in [6, 6.07) is 9.13. The number of hydrogen-bond donors (Lipinski definition) is 1. The minimum atomic E-state index is 0.758. The molecule has 1 aliphatic rings. The Morgan fingerprint density at radius 3 is 2.94 bits per heavy atom. The van der Waals surface area contributed by atoms with Gasteiger partial charge in [-0.1, -0.05) is 24.1 Å². The highest BCUT2D eigenvalue weighted by Crippen LogP contribution is 2.28. The Balaban J connectivity index is 1.76. The second-order valence-corrected chi connectivity index (χ2v) is 6.01. The van der Waals surface area contributed by atoms with Crippen molar-refractivity contribution < 1.29 is 0 Å². The maximum Gasteiger partial charge on any atom is 0.0420 e. The van der Waals surface area contributed by atoms with E-state index in [9.17, 15) is 0 Å². The molecule has 0 radical (unpaired) electrons. The lowest BCUT2D eigenvalue weighted by atomic mass is 9.93. The summed E-state index contributed by atoms with van der Waals surface area (Å²) in [4.78, 5) is 1.41. The molecule has 0 saturated heterocycles. The Labute approximate surface area is 104 Å². The summed E-state index contributed by atoms with van der Waals surface area (Å²) in [6.45, 7) is 1.00. The van der Waals surface area contributed by atoms with E-state index >= 15 is 0 Å². The van der Waals surface area contributed by atoms with Gasteiger partial charge in [0.05, 0.1) is 0 Å². The van der Waals surface area contributed by atoms with Crippen LogP contribution in [-0.2, 0) is 6.54 Å². The molecule has 1 aromatic carbocycles. The first-order valence-corrected chi connectivity index (χ1v) is 6.92. The molecule has 1 aliphatic carbocycles. The van der Waals surface area contributed by atoms with Gasteiger partial charge >= 0.3 is 0 Å². The standard InChI is InChI=1S/C13H14ClNS/c14-10-5-4-9-6-12(16-13(9)7-10)8-15-11-2-1-3-11/h4-7,11,15H,1-3,8H2. The number of thiophene rings is 1. The second kappa shape index (κ2) is 4.36. The van der Waals surface area contributed by atoms with Gasteiger partial charge in [0.2, 0.25) is 0 Å². The largest absolute Gasteiger partial charge is 0.309 e. The molecule has 3 heteroatoms. The van der Waals surface area contributed by atoms with E-state index in [4.69, 9.17) is 11.6 Å². The van der Waals surface area contributed by atoms with Gasteiger partial charge < -0.3 is 5.32 Å². The zero-order valence-corrected chi connectivity index (χ0v) is 10.6. The second-order valence-electron chi connectivity index (χ2n) is 4.40. The van der Waals surface area contributed by atoms with Crippen LogP contribution in [0.3, 0.4) is 0 Å². The number of nitrogens with one attached hydrogen (secondary N) is 1. The van der Waals surface area contributed by atoms with E-state index in [-0.39, 0.29) is 0 Å². The Hall–Kier alpha value is -0.570. The van der Waals surface area contributed by atoms with Gasteiger partial charge in [0.1, 0.15) is 0 Å². The molecule has 1 saturated carbocycles. The van der Waals surface area contributed by atoms with Crippen LogP contribution in [-0.4, -0.2) is 6.04 Å². The number of fused-ring (bicyclic) bond motifs is 1. The Kier molecular flexibility index (Phi) is 2.88. The highest BCUT2D eigenvalue weighted by atomic mass is 35.5. The van der Waals surface area contributed by atoms with Crippen LogP contribution in [0, 0.1) is 0 Å². The first kappa shape index (κ1) is 10.6. The van der Waals surface area contributed by atoms with Crippen LogP contribution in [0.5, 0.6) is 0 Å². The molecule has 1 N–H and O–H groups in total. The first-order chi connectivity index (χ1) is 7.81. The fraction of sp³-hybridized carbons (Fsp3) is 0.385. The highest BCUT2D eigenvalue weighted by molar-refractivity contribution is 7.19. The third kappa shape index (κ3) is 2.10. The Bertz CT molecular complexity index is 502. The van der Waals surface area contributed by atoms with Crippen molar-refractivity contribution in [1.82, 2.24) is 5.32 Å². The molecule has 1 aromatic heterocycles. The molecule has 0 unspecified atom stereocenters. The van der Waals surface area contributed by atoms with Gasteiger partial charge in [0, 0.05) is 27.2 Å². The highest BCUT2D eigenvalue weighted by Gasteiger charge is 2.16. The molecule has 84 valence electrons. The lowest BCUT2D eigenvalue weighted by Crippen LogP contribution is -2.34. The zero-order chi connectivity index (χ0) is 11.0. The van der Waals surface area contributed by atoms with Crippen LogP contribution in [0.25, 0.3) is 10.1 Å². The molecule has 1 nitrogen and oxygen atoms in total. The lowest BCUT2D eigenvalue weighted by molar-refractivity contribution is 0.339. The van der Waals surface area contributed by atoms with Crippen LogP contribution in [0.15, 0.2) is 24.3 Å². The monoisotopic (exact) mass is 251 g/mol. The van der Waals surface area contributed by atoms with E-state index in [1.54, 1.807) is 0 Å². The molecule has 0 spiro atoms. The summed E-state index contributed by atoms with van der Waals surface area (Å²) >= 11 is 7.82. The Morgan fingerprint density at radius 1 is 1.31 bits per heavy atom. The maximum atomic E-state index is 5.98. The topological polar surface area (TPSA) is 12.0 Å². The zero-order valence-electron chi connectivity index (χ0n) is 9.00. The first-order valence-electron chi connectivity index (χ1n) is 5.72. The average Bonchev–Trinajstić information content (AvgIpc) is 2.57.